The first kappa shape index (κ1) is 14.3. The molecule has 0 amide bonds. The Bertz CT molecular complexity index is 360. The van der Waals surface area contributed by atoms with E-state index in [1.54, 1.807) is 6.92 Å². The van der Waals surface area contributed by atoms with Crippen LogP contribution in [0.2, 0.25) is 0 Å². The molecule has 0 N–H and O–H groups in total. The quantitative estimate of drug-likeness (QED) is 0.729. The summed E-state index contributed by atoms with van der Waals surface area (Å²) >= 11 is 1.83. The van der Waals surface area contributed by atoms with Gasteiger partial charge in [0.1, 0.15) is 5.78 Å². The number of carbonyl (C=O) groups excluding carboxylic acids is 1. The van der Waals surface area contributed by atoms with Gasteiger partial charge in [0.05, 0.1) is 0 Å². The Balaban J connectivity index is 2.43. The molecule has 0 aliphatic heterocycles. The topological polar surface area (TPSA) is 17.1 Å². The Labute approximate surface area is 109 Å². The van der Waals surface area contributed by atoms with Gasteiger partial charge in [-0.3, -0.25) is 4.79 Å². The summed E-state index contributed by atoms with van der Waals surface area (Å²) in [4.78, 5) is 10.8. The molecule has 0 aliphatic rings. The number of thioether (sulfide) groups is 1. The number of benzene rings is 1. The van der Waals surface area contributed by atoms with Crippen LogP contribution in [0, 0.1) is 0 Å². The van der Waals surface area contributed by atoms with Crippen LogP contribution in [-0.2, 0) is 16.0 Å². The molecule has 1 aromatic rings. The molecular formula is C15H22OS. The normalized spacial score (nSPS) is 11.5. The third kappa shape index (κ3) is 5.40. The minimum Gasteiger partial charge on any atom is -0.300 e. The van der Waals surface area contributed by atoms with Gasteiger partial charge in [0, 0.05) is 17.9 Å². The van der Waals surface area contributed by atoms with Gasteiger partial charge in [-0.15, -0.1) is 0 Å². The first-order valence-corrected chi connectivity index (χ1v) is 7.21. The lowest BCUT2D eigenvalue weighted by Gasteiger charge is -2.19. The van der Waals surface area contributed by atoms with E-state index in [1.165, 1.54) is 11.1 Å². The summed E-state index contributed by atoms with van der Waals surface area (Å²) in [7, 11) is 0. The largest absolute Gasteiger partial charge is 0.300 e. The predicted octanol–water partition coefficient (Wildman–Crippen LogP) is 4.20. The molecular weight excluding hydrogens is 228 g/mol. The predicted molar refractivity (Wildman–Crippen MR) is 76.6 cm³/mol. The summed E-state index contributed by atoms with van der Waals surface area (Å²) < 4.78 is 0. The molecule has 1 rings (SSSR count). The van der Waals surface area contributed by atoms with Gasteiger partial charge in [0.25, 0.3) is 0 Å². The number of ketones is 1. The first-order valence-electron chi connectivity index (χ1n) is 6.06. The molecule has 17 heavy (non-hydrogen) atoms. The summed E-state index contributed by atoms with van der Waals surface area (Å²) in [6.45, 7) is 8.33. The smallest absolute Gasteiger partial charge is 0.130 e. The summed E-state index contributed by atoms with van der Waals surface area (Å²) in [6, 6.07) is 8.81. The maximum atomic E-state index is 10.8. The minimum atomic E-state index is 0.223. The van der Waals surface area contributed by atoms with Crippen molar-refractivity contribution in [1.82, 2.24) is 0 Å². The fourth-order valence-electron chi connectivity index (χ4n) is 1.51. The molecule has 0 aromatic heterocycles. The van der Waals surface area contributed by atoms with Crippen LogP contribution in [0.15, 0.2) is 24.3 Å². The maximum Gasteiger partial charge on any atom is 0.130 e. The van der Waals surface area contributed by atoms with Gasteiger partial charge in [-0.05, 0) is 23.5 Å². The molecule has 1 nitrogen and oxygen atoms in total. The second-order valence-electron chi connectivity index (χ2n) is 5.45. The number of carbonyl (C=O) groups is 1. The second-order valence-corrected chi connectivity index (χ2v) is 6.56. The van der Waals surface area contributed by atoms with Crippen LogP contribution in [0.5, 0.6) is 0 Å². The molecule has 0 saturated heterocycles. The lowest BCUT2D eigenvalue weighted by molar-refractivity contribution is -0.116. The fraction of sp³-hybridized carbons (Fsp3) is 0.533. The summed E-state index contributed by atoms with van der Waals surface area (Å²) in [5.74, 6) is 2.20. The van der Waals surface area contributed by atoms with Gasteiger partial charge in [-0.25, -0.2) is 0 Å². The third-order valence-electron chi connectivity index (χ3n) is 2.69. The van der Waals surface area contributed by atoms with E-state index in [9.17, 15) is 4.79 Å². The molecule has 0 bridgehead atoms. The van der Waals surface area contributed by atoms with Gasteiger partial charge in [-0.1, -0.05) is 45.0 Å². The fourth-order valence-corrected chi connectivity index (χ4v) is 2.51. The molecule has 1 aromatic carbocycles. The van der Waals surface area contributed by atoms with Crippen LogP contribution < -0.4 is 0 Å². The monoisotopic (exact) mass is 250 g/mol. The van der Waals surface area contributed by atoms with E-state index in [-0.39, 0.29) is 11.2 Å². The molecule has 0 atom stereocenters. The molecule has 0 heterocycles. The lowest BCUT2D eigenvalue weighted by atomic mass is 9.87. The van der Waals surface area contributed by atoms with E-state index in [4.69, 9.17) is 0 Å². The lowest BCUT2D eigenvalue weighted by Crippen LogP contribution is -2.10. The average molecular weight is 250 g/mol. The number of hydrogen-bond acceptors (Lipinski definition) is 2. The van der Waals surface area contributed by atoms with Gasteiger partial charge < -0.3 is 0 Å². The van der Waals surface area contributed by atoms with E-state index < -0.39 is 0 Å². The highest BCUT2D eigenvalue weighted by molar-refractivity contribution is 7.98. The maximum absolute atomic E-state index is 10.8. The van der Waals surface area contributed by atoms with Crippen molar-refractivity contribution in [2.75, 3.05) is 5.75 Å². The van der Waals surface area contributed by atoms with Crippen molar-refractivity contribution in [3.8, 4) is 0 Å². The Morgan fingerprint density at radius 2 is 1.76 bits per heavy atom. The van der Waals surface area contributed by atoms with Crippen LogP contribution in [0.1, 0.15) is 45.2 Å². The SMILES string of the molecule is CC(=O)CCSCc1ccc(C(C)(C)C)cc1. The number of hydrogen-bond donors (Lipinski definition) is 0. The Kier molecular flexibility index (Phi) is 5.26. The highest BCUT2D eigenvalue weighted by Crippen LogP contribution is 2.23. The Hall–Kier alpha value is -0.760. The van der Waals surface area contributed by atoms with Gasteiger partial charge >= 0.3 is 0 Å². The average Bonchev–Trinajstić information content (AvgIpc) is 2.23. The van der Waals surface area contributed by atoms with Gasteiger partial charge in [-0.2, -0.15) is 11.8 Å². The first-order chi connectivity index (χ1) is 7.89. The Morgan fingerprint density at radius 3 is 2.24 bits per heavy atom. The van der Waals surface area contributed by atoms with Crippen molar-refractivity contribution in [3.63, 3.8) is 0 Å². The van der Waals surface area contributed by atoms with Crippen molar-refractivity contribution in [2.24, 2.45) is 0 Å². The van der Waals surface area contributed by atoms with Crippen molar-refractivity contribution in [1.29, 1.82) is 0 Å². The van der Waals surface area contributed by atoms with E-state index in [0.717, 1.165) is 11.5 Å². The van der Waals surface area contributed by atoms with Gasteiger partial charge in [0.2, 0.25) is 0 Å². The molecule has 0 saturated carbocycles. The van der Waals surface area contributed by atoms with Crippen LogP contribution in [0.3, 0.4) is 0 Å². The second kappa shape index (κ2) is 6.25. The van der Waals surface area contributed by atoms with E-state index in [2.05, 4.69) is 45.0 Å². The zero-order valence-electron chi connectivity index (χ0n) is 11.2. The third-order valence-corrected chi connectivity index (χ3v) is 3.72. The summed E-state index contributed by atoms with van der Waals surface area (Å²) in [6.07, 6.45) is 0.685. The van der Waals surface area contributed by atoms with Crippen LogP contribution in [-0.4, -0.2) is 11.5 Å². The molecule has 0 spiro atoms. The Morgan fingerprint density at radius 1 is 1.18 bits per heavy atom. The molecule has 0 radical (unpaired) electrons. The summed E-state index contributed by atoms with van der Waals surface area (Å²) in [5, 5.41) is 0. The van der Waals surface area contributed by atoms with Crippen molar-refractivity contribution >= 4 is 17.5 Å². The van der Waals surface area contributed by atoms with E-state index >= 15 is 0 Å². The molecule has 0 aliphatic carbocycles. The van der Waals surface area contributed by atoms with Crippen LogP contribution in [0.4, 0.5) is 0 Å². The van der Waals surface area contributed by atoms with Crippen LogP contribution in [0.25, 0.3) is 0 Å². The standard InChI is InChI=1S/C15H22OS/c1-12(16)9-10-17-11-13-5-7-14(8-6-13)15(2,3)4/h5-8H,9-11H2,1-4H3. The highest BCUT2D eigenvalue weighted by atomic mass is 32.2. The molecule has 94 valence electrons. The zero-order valence-corrected chi connectivity index (χ0v) is 12.1. The summed E-state index contributed by atoms with van der Waals surface area (Å²) in [5.41, 5.74) is 2.93. The van der Waals surface area contributed by atoms with E-state index in [1.807, 2.05) is 11.8 Å². The molecule has 2 heteroatoms. The van der Waals surface area contributed by atoms with Gasteiger partial charge in [0.15, 0.2) is 0 Å². The molecule has 0 unspecified atom stereocenters. The highest BCUT2D eigenvalue weighted by Gasteiger charge is 2.12. The van der Waals surface area contributed by atoms with Crippen molar-refractivity contribution < 1.29 is 4.79 Å². The zero-order chi connectivity index (χ0) is 12.9. The van der Waals surface area contributed by atoms with E-state index in [0.29, 0.717) is 6.42 Å². The van der Waals surface area contributed by atoms with Crippen molar-refractivity contribution in [3.05, 3.63) is 35.4 Å². The van der Waals surface area contributed by atoms with Crippen LogP contribution >= 0.6 is 11.8 Å². The molecule has 0 fully saturated rings. The van der Waals surface area contributed by atoms with Crippen molar-refractivity contribution in [2.45, 2.75) is 45.3 Å². The minimum absolute atomic E-state index is 0.223. The number of rotatable bonds is 5. The number of Topliss-reactive ketones (excluding diaryl/α,β-unsaturated/α-hetero) is 1.